The molecule has 0 spiro atoms. The van der Waals surface area contributed by atoms with E-state index in [0.29, 0.717) is 25.6 Å². The van der Waals surface area contributed by atoms with Gasteiger partial charge >= 0.3 is 12.0 Å². The average Bonchev–Trinajstić information content (AvgIpc) is 2.94. The summed E-state index contributed by atoms with van der Waals surface area (Å²) in [5.74, 6) is -0.240. The van der Waals surface area contributed by atoms with Crippen LogP contribution < -0.4 is 5.32 Å². The number of carbonyl (C=O) groups excluding carboxylic acids is 1. The Bertz CT molecular complexity index is 350. The second-order valence-electron chi connectivity index (χ2n) is 5.23. The van der Waals surface area contributed by atoms with Crippen LogP contribution in [-0.2, 0) is 4.79 Å². The van der Waals surface area contributed by atoms with Gasteiger partial charge in [-0.15, -0.1) is 0 Å². The van der Waals surface area contributed by atoms with Gasteiger partial charge in [0.05, 0.1) is 0 Å². The van der Waals surface area contributed by atoms with E-state index in [1.54, 1.807) is 16.7 Å². The van der Waals surface area contributed by atoms with E-state index in [0.717, 1.165) is 25.3 Å². The third-order valence-corrected chi connectivity index (χ3v) is 4.63. The fourth-order valence-electron chi connectivity index (χ4n) is 2.70. The van der Waals surface area contributed by atoms with Gasteiger partial charge in [-0.25, -0.2) is 9.59 Å². The van der Waals surface area contributed by atoms with Crippen molar-refractivity contribution in [1.29, 1.82) is 0 Å². The first-order chi connectivity index (χ1) is 10.0. The van der Waals surface area contributed by atoms with Crippen molar-refractivity contribution >= 4 is 23.8 Å². The number of hydrogen-bond donors (Lipinski definition) is 2. The Balaban J connectivity index is 2.50. The summed E-state index contributed by atoms with van der Waals surface area (Å²) in [5, 5.41) is 11.8. The van der Waals surface area contributed by atoms with Crippen LogP contribution in [0.1, 0.15) is 26.7 Å². The molecular formula is C14H27N3O3S. The van der Waals surface area contributed by atoms with Crippen molar-refractivity contribution in [3.8, 4) is 0 Å². The fourth-order valence-corrected chi connectivity index (χ4v) is 3.17. The van der Waals surface area contributed by atoms with Gasteiger partial charge in [-0.05, 0) is 37.9 Å². The Hall–Kier alpha value is -0.950. The molecule has 2 atom stereocenters. The quantitative estimate of drug-likeness (QED) is 0.706. The van der Waals surface area contributed by atoms with Gasteiger partial charge in [-0.2, -0.15) is 11.8 Å². The number of thioether (sulfide) groups is 1. The second-order valence-corrected chi connectivity index (χ2v) is 6.22. The van der Waals surface area contributed by atoms with E-state index < -0.39 is 12.0 Å². The molecule has 0 aromatic rings. The summed E-state index contributed by atoms with van der Waals surface area (Å²) >= 11 is 1.58. The standard InChI is InChI=1S/C14H27N3O3S/c1-4-16(5-2)11-6-8-17(10-11)14(20)15-12(13(18)19)7-9-21-3/h11-12H,4-10H2,1-3H3,(H,15,20)(H,18,19). The molecule has 2 unspecified atom stereocenters. The van der Waals surface area contributed by atoms with Gasteiger partial charge in [-0.1, -0.05) is 13.8 Å². The fraction of sp³-hybridized carbons (Fsp3) is 0.857. The summed E-state index contributed by atoms with van der Waals surface area (Å²) in [6.07, 6.45) is 3.34. The van der Waals surface area contributed by atoms with Gasteiger partial charge in [0.15, 0.2) is 0 Å². The van der Waals surface area contributed by atoms with E-state index in [2.05, 4.69) is 24.1 Å². The number of aliphatic carboxylic acids is 1. The second kappa shape index (κ2) is 9.15. The molecule has 21 heavy (non-hydrogen) atoms. The van der Waals surface area contributed by atoms with E-state index in [-0.39, 0.29) is 6.03 Å². The minimum Gasteiger partial charge on any atom is -0.480 e. The molecule has 0 aromatic carbocycles. The summed E-state index contributed by atoms with van der Waals surface area (Å²) in [7, 11) is 0. The zero-order valence-electron chi connectivity index (χ0n) is 13.2. The van der Waals surface area contributed by atoms with E-state index in [1.165, 1.54) is 0 Å². The van der Waals surface area contributed by atoms with Crippen LogP contribution in [0.5, 0.6) is 0 Å². The molecule has 2 amide bonds. The highest BCUT2D eigenvalue weighted by molar-refractivity contribution is 7.98. The van der Waals surface area contributed by atoms with Crippen molar-refractivity contribution in [2.24, 2.45) is 0 Å². The number of hydrogen-bond acceptors (Lipinski definition) is 4. The summed E-state index contributed by atoms with van der Waals surface area (Å²) in [5.41, 5.74) is 0. The highest BCUT2D eigenvalue weighted by atomic mass is 32.2. The predicted molar refractivity (Wildman–Crippen MR) is 85.9 cm³/mol. The molecular weight excluding hydrogens is 290 g/mol. The van der Waals surface area contributed by atoms with Crippen molar-refractivity contribution in [3.63, 3.8) is 0 Å². The molecule has 1 heterocycles. The van der Waals surface area contributed by atoms with E-state index in [4.69, 9.17) is 5.11 Å². The first-order valence-corrected chi connectivity index (χ1v) is 8.94. The average molecular weight is 317 g/mol. The van der Waals surface area contributed by atoms with Gasteiger partial charge in [-0.3, -0.25) is 4.90 Å². The topological polar surface area (TPSA) is 72.9 Å². The van der Waals surface area contributed by atoms with Crippen LogP contribution in [0.4, 0.5) is 4.79 Å². The summed E-state index contributed by atoms with van der Waals surface area (Å²) in [6, 6.07) is -0.657. The maximum absolute atomic E-state index is 12.2. The third-order valence-electron chi connectivity index (χ3n) is 3.99. The molecule has 2 N–H and O–H groups in total. The molecule has 0 aliphatic carbocycles. The molecule has 0 radical (unpaired) electrons. The largest absolute Gasteiger partial charge is 0.480 e. The van der Waals surface area contributed by atoms with Crippen molar-refractivity contribution in [2.75, 3.05) is 38.2 Å². The molecule has 7 heteroatoms. The zero-order chi connectivity index (χ0) is 15.8. The number of carboxylic acid groups (broad SMARTS) is 1. The molecule has 0 saturated carbocycles. The number of urea groups is 1. The molecule has 1 rings (SSSR count). The Morgan fingerprint density at radius 3 is 2.62 bits per heavy atom. The number of likely N-dealkylation sites (N-methyl/N-ethyl adjacent to an activating group) is 1. The maximum atomic E-state index is 12.2. The molecule has 1 fully saturated rings. The Morgan fingerprint density at radius 2 is 2.10 bits per heavy atom. The lowest BCUT2D eigenvalue weighted by atomic mass is 10.2. The van der Waals surface area contributed by atoms with Gasteiger partial charge in [0, 0.05) is 19.1 Å². The number of carboxylic acids is 1. The zero-order valence-corrected chi connectivity index (χ0v) is 14.0. The number of amides is 2. The van der Waals surface area contributed by atoms with Gasteiger partial charge in [0.25, 0.3) is 0 Å². The maximum Gasteiger partial charge on any atom is 0.326 e. The van der Waals surface area contributed by atoms with E-state index in [1.807, 2.05) is 6.26 Å². The van der Waals surface area contributed by atoms with Crippen LogP contribution >= 0.6 is 11.8 Å². The molecule has 6 nitrogen and oxygen atoms in total. The smallest absolute Gasteiger partial charge is 0.326 e. The van der Waals surface area contributed by atoms with Crippen molar-refractivity contribution in [1.82, 2.24) is 15.1 Å². The predicted octanol–water partition coefficient (Wildman–Crippen LogP) is 1.32. The van der Waals surface area contributed by atoms with E-state index in [9.17, 15) is 9.59 Å². The van der Waals surface area contributed by atoms with Gasteiger partial charge < -0.3 is 15.3 Å². The lowest BCUT2D eigenvalue weighted by Gasteiger charge is -2.26. The number of rotatable bonds is 8. The highest BCUT2D eigenvalue weighted by Crippen LogP contribution is 2.15. The first-order valence-electron chi connectivity index (χ1n) is 7.54. The van der Waals surface area contributed by atoms with Crippen LogP contribution in [0.2, 0.25) is 0 Å². The van der Waals surface area contributed by atoms with Gasteiger partial charge in [0.2, 0.25) is 0 Å². The van der Waals surface area contributed by atoms with Crippen LogP contribution in [-0.4, -0.2) is 77.2 Å². The summed E-state index contributed by atoms with van der Waals surface area (Å²) in [4.78, 5) is 27.4. The monoisotopic (exact) mass is 317 g/mol. The molecule has 1 aliphatic heterocycles. The molecule has 0 aromatic heterocycles. The molecule has 0 bridgehead atoms. The van der Waals surface area contributed by atoms with Crippen molar-refractivity contribution in [2.45, 2.75) is 38.8 Å². The summed E-state index contributed by atoms with van der Waals surface area (Å²) in [6.45, 7) is 7.57. The SMILES string of the molecule is CCN(CC)C1CCN(C(=O)NC(CCSC)C(=O)O)C1. The van der Waals surface area contributed by atoms with Crippen LogP contribution in [0.15, 0.2) is 0 Å². The highest BCUT2D eigenvalue weighted by Gasteiger charge is 2.31. The minimum absolute atomic E-state index is 0.252. The van der Waals surface area contributed by atoms with Crippen molar-refractivity contribution < 1.29 is 14.7 Å². The van der Waals surface area contributed by atoms with Crippen LogP contribution in [0.3, 0.4) is 0 Å². The Kier molecular flexibility index (Phi) is 7.88. The number of carbonyl (C=O) groups is 2. The first kappa shape index (κ1) is 18.1. The van der Waals surface area contributed by atoms with Crippen molar-refractivity contribution in [3.05, 3.63) is 0 Å². The molecule has 122 valence electrons. The lowest BCUT2D eigenvalue weighted by molar-refractivity contribution is -0.139. The minimum atomic E-state index is -0.961. The summed E-state index contributed by atoms with van der Waals surface area (Å²) < 4.78 is 0. The number of nitrogens with zero attached hydrogens (tertiary/aromatic N) is 2. The third kappa shape index (κ3) is 5.39. The van der Waals surface area contributed by atoms with Crippen LogP contribution in [0.25, 0.3) is 0 Å². The number of nitrogens with one attached hydrogen (secondary N) is 1. The number of likely N-dealkylation sites (tertiary alicyclic amines) is 1. The van der Waals surface area contributed by atoms with E-state index >= 15 is 0 Å². The molecule has 1 aliphatic rings. The Labute approximate surface area is 131 Å². The Morgan fingerprint density at radius 1 is 1.43 bits per heavy atom. The normalized spacial score (nSPS) is 19.8. The lowest BCUT2D eigenvalue weighted by Crippen LogP contribution is -2.48. The molecule has 1 saturated heterocycles. The van der Waals surface area contributed by atoms with Crippen LogP contribution in [0, 0.1) is 0 Å². The van der Waals surface area contributed by atoms with Gasteiger partial charge in [0.1, 0.15) is 6.04 Å².